The van der Waals surface area contributed by atoms with Gasteiger partial charge in [-0.05, 0) is 36.3 Å². The van der Waals surface area contributed by atoms with E-state index in [4.69, 9.17) is 0 Å². The molecule has 2 nitrogen and oxygen atoms in total. The Balaban J connectivity index is 2.21. The van der Waals surface area contributed by atoms with Crippen molar-refractivity contribution < 1.29 is 0 Å². The van der Waals surface area contributed by atoms with Gasteiger partial charge in [-0.15, -0.1) is 0 Å². The molecule has 1 unspecified atom stereocenters. The van der Waals surface area contributed by atoms with Crippen molar-refractivity contribution in [3.05, 3.63) is 54.7 Å². The van der Waals surface area contributed by atoms with Crippen LogP contribution < -0.4 is 5.44 Å². The van der Waals surface area contributed by atoms with Crippen molar-refractivity contribution >= 4 is 24.1 Å². The number of fused-ring (bicyclic) bond motifs is 1. The highest BCUT2D eigenvalue weighted by molar-refractivity contribution is 7.67. The number of aromatic nitrogens is 2. The molecule has 3 rings (SSSR count). The lowest BCUT2D eigenvalue weighted by Crippen LogP contribution is -2.28. The van der Waals surface area contributed by atoms with Crippen molar-refractivity contribution in [2.24, 2.45) is 0 Å². The summed E-state index contributed by atoms with van der Waals surface area (Å²) in [5.74, 6) is 0. The second kappa shape index (κ2) is 6.09. The van der Waals surface area contributed by atoms with Crippen LogP contribution in [-0.2, 0) is 0 Å². The fraction of sp³-hybridized carbons (Fsp3) is 0.350. The van der Waals surface area contributed by atoms with Gasteiger partial charge >= 0.3 is 0 Å². The number of nitrogens with zero attached hydrogens (tertiary/aromatic N) is 2. The van der Waals surface area contributed by atoms with Crippen LogP contribution in [0.4, 0.5) is 0 Å². The van der Waals surface area contributed by atoms with Crippen LogP contribution in [0.15, 0.2) is 54.7 Å². The minimum Gasteiger partial charge on any atom is -0.233 e. The van der Waals surface area contributed by atoms with Gasteiger partial charge in [0.1, 0.15) is 0 Å². The fourth-order valence-corrected chi connectivity index (χ4v) is 6.80. The van der Waals surface area contributed by atoms with E-state index < -0.39 is 0 Å². The van der Waals surface area contributed by atoms with Gasteiger partial charge in [0.15, 0.2) is 0 Å². The van der Waals surface area contributed by atoms with Crippen LogP contribution in [0.3, 0.4) is 0 Å². The third-order valence-electron chi connectivity index (χ3n) is 4.10. The number of hydrogen-bond donors (Lipinski definition) is 0. The molecule has 0 amide bonds. The maximum Gasteiger partial charge on any atom is 0.0731 e. The molecule has 1 atom stereocenters. The Labute approximate surface area is 140 Å². The lowest BCUT2D eigenvalue weighted by atomic mass is 10.1. The standard InChI is InChI=1S/C20H25N2P/c1-15(2)23(20(3,4)5)19-13-14-21-22(19)18-12-8-10-16-9-6-7-11-17(16)18/h6-15H,1-5H3. The molecular formula is C20H25N2P. The van der Waals surface area contributed by atoms with E-state index in [1.54, 1.807) is 0 Å². The average Bonchev–Trinajstić information content (AvgIpc) is 2.93. The molecule has 0 aliphatic rings. The second-order valence-corrected chi connectivity index (χ2v) is 10.8. The summed E-state index contributed by atoms with van der Waals surface area (Å²) in [7, 11) is -0.318. The van der Waals surface area contributed by atoms with Gasteiger partial charge < -0.3 is 0 Å². The summed E-state index contributed by atoms with van der Waals surface area (Å²) >= 11 is 0. The smallest absolute Gasteiger partial charge is 0.0731 e. The monoisotopic (exact) mass is 324 g/mol. The SMILES string of the molecule is CC(C)P(c1ccnn1-c1cccc2ccccc12)C(C)(C)C. The second-order valence-electron chi connectivity index (χ2n) is 7.23. The van der Waals surface area contributed by atoms with Crippen LogP contribution in [0.2, 0.25) is 0 Å². The molecule has 1 heterocycles. The third kappa shape index (κ3) is 3.05. The summed E-state index contributed by atoms with van der Waals surface area (Å²) in [5.41, 5.74) is 3.16. The minimum atomic E-state index is -0.318. The van der Waals surface area contributed by atoms with E-state index in [1.165, 1.54) is 21.9 Å². The van der Waals surface area contributed by atoms with Crippen molar-refractivity contribution in [2.75, 3.05) is 0 Å². The predicted octanol–water partition coefficient (Wildman–Crippen LogP) is 5.34. The van der Waals surface area contributed by atoms with E-state index in [0.717, 1.165) is 0 Å². The Morgan fingerprint density at radius 1 is 0.957 bits per heavy atom. The summed E-state index contributed by atoms with van der Waals surface area (Å²) in [4.78, 5) is 0. The molecular weight excluding hydrogens is 299 g/mol. The van der Waals surface area contributed by atoms with E-state index in [-0.39, 0.29) is 13.1 Å². The van der Waals surface area contributed by atoms with E-state index >= 15 is 0 Å². The molecule has 0 fully saturated rings. The van der Waals surface area contributed by atoms with Crippen molar-refractivity contribution in [1.82, 2.24) is 9.78 Å². The predicted molar refractivity (Wildman–Crippen MR) is 103 cm³/mol. The Morgan fingerprint density at radius 2 is 1.65 bits per heavy atom. The third-order valence-corrected chi connectivity index (χ3v) is 7.41. The molecule has 0 spiro atoms. The fourth-order valence-electron chi connectivity index (χ4n) is 3.44. The van der Waals surface area contributed by atoms with Crippen LogP contribution >= 0.6 is 7.92 Å². The molecule has 0 saturated heterocycles. The van der Waals surface area contributed by atoms with Crippen molar-refractivity contribution in [1.29, 1.82) is 0 Å². The zero-order valence-electron chi connectivity index (χ0n) is 14.6. The number of hydrogen-bond acceptors (Lipinski definition) is 1. The first-order valence-electron chi connectivity index (χ1n) is 8.21. The maximum atomic E-state index is 4.69. The molecule has 2 aromatic carbocycles. The Hall–Kier alpha value is -1.66. The van der Waals surface area contributed by atoms with Gasteiger partial charge in [-0.1, -0.05) is 71.0 Å². The van der Waals surface area contributed by atoms with Crippen molar-refractivity contribution in [3.63, 3.8) is 0 Å². The van der Waals surface area contributed by atoms with Crippen LogP contribution in [0, 0.1) is 0 Å². The zero-order valence-corrected chi connectivity index (χ0v) is 15.5. The molecule has 120 valence electrons. The first kappa shape index (κ1) is 16.2. The lowest BCUT2D eigenvalue weighted by Gasteiger charge is -2.35. The van der Waals surface area contributed by atoms with Crippen LogP contribution in [-0.4, -0.2) is 20.6 Å². The molecule has 0 bridgehead atoms. The topological polar surface area (TPSA) is 17.8 Å². The van der Waals surface area contributed by atoms with Gasteiger partial charge in [0.25, 0.3) is 0 Å². The molecule has 1 aromatic heterocycles. The van der Waals surface area contributed by atoms with E-state index in [2.05, 4.69) is 92.9 Å². The Morgan fingerprint density at radius 3 is 2.35 bits per heavy atom. The van der Waals surface area contributed by atoms with E-state index in [0.29, 0.717) is 5.66 Å². The number of benzene rings is 2. The van der Waals surface area contributed by atoms with Crippen LogP contribution in [0.5, 0.6) is 0 Å². The first-order chi connectivity index (χ1) is 10.9. The molecule has 0 saturated carbocycles. The lowest BCUT2D eigenvalue weighted by molar-refractivity contribution is 0.771. The summed E-state index contributed by atoms with van der Waals surface area (Å²) in [5, 5.41) is 7.46. The Kier molecular flexibility index (Phi) is 4.29. The summed E-state index contributed by atoms with van der Waals surface area (Å²) in [6.07, 6.45) is 1.94. The molecule has 3 heteroatoms. The van der Waals surface area contributed by atoms with Crippen molar-refractivity contribution in [3.8, 4) is 5.69 Å². The highest BCUT2D eigenvalue weighted by Gasteiger charge is 2.31. The average molecular weight is 324 g/mol. The Bertz CT molecular complexity index is 806. The largest absolute Gasteiger partial charge is 0.233 e. The molecule has 23 heavy (non-hydrogen) atoms. The van der Waals surface area contributed by atoms with E-state index in [1.807, 2.05) is 6.20 Å². The summed E-state index contributed by atoms with van der Waals surface area (Å²) in [6, 6.07) is 17.2. The van der Waals surface area contributed by atoms with E-state index in [9.17, 15) is 0 Å². The van der Waals surface area contributed by atoms with Gasteiger partial charge in [-0.25, -0.2) is 4.68 Å². The molecule has 0 aliphatic carbocycles. The summed E-state index contributed by atoms with van der Waals surface area (Å²) in [6.45, 7) is 11.7. The normalized spacial score (nSPS) is 13.7. The van der Waals surface area contributed by atoms with Gasteiger partial charge in [0, 0.05) is 5.39 Å². The zero-order chi connectivity index (χ0) is 16.6. The molecule has 0 aliphatic heterocycles. The van der Waals surface area contributed by atoms with Gasteiger partial charge in [-0.3, -0.25) is 0 Å². The van der Waals surface area contributed by atoms with Gasteiger partial charge in [0.05, 0.1) is 17.3 Å². The summed E-state index contributed by atoms with van der Waals surface area (Å²) < 4.78 is 2.17. The molecule has 0 N–H and O–H groups in total. The number of rotatable bonds is 3. The minimum absolute atomic E-state index is 0.256. The molecule has 3 aromatic rings. The van der Waals surface area contributed by atoms with Gasteiger partial charge in [0.2, 0.25) is 0 Å². The van der Waals surface area contributed by atoms with Crippen molar-refractivity contribution in [2.45, 2.75) is 45.4 Å². The van der Waals surface area contributed by atoms with Crippen LogP contribution in [0.1, 0.15) is 34.6 Å². The maximum absolute atomic E-state index is 4.69. The molecule has 0 radical (unpaired) electrons. The highest BCUT2D eigenvalue weighted by Crippen LogP contribution is 2.52. The quantitative estimate of drug-likeness (QED) is 0.595. The highest BCUT2D eigenvalue weighted by atomic mass is 31.1. The van der Waals surface area contributed by atoms with Crippen LogP contribution in [0.25, 0.3) is 16.5 Å². The van der Waals surface area contributed by atoms with Gasteiger partial charge in [-0.2, -0.15) is 5.10 Å². The first-order valence-corrected chi connectivity index (χ1v) is 9.62.